The number of hydrogen-bond donors (Lipinski definition) is 3. The normalized spacial score (nSPS) is 19.3. The van der Waals surface area contributed by atoms with Gasteiger partial charge in [0.1, 0.15) is 5.82 Å². The van der Waals surface area contributed by atoms with Gasteiger partial charge in [-0.05, 0) is 19.8 Å². The molecule has 1 fully saturated rings. The lowest BCUT2D eigenvalue weighted by atomic mass is 9.97. The third kappa shape index (κ3) is 7.54. The van der Waals surface area contributed by atoms with Crippen LogP contribution in [0.4, 0.5) is 13.2 Å². The molecular weight excluding hydrogens is 518 g/mol. The van der Waals surface area contributed by atoms with Crippen molar-refractivity contribution in [1.82, 2.24) is 20.2 Å². The van der Waals surface area contributed by atoms with Gasteiger partial charge in [0.25, 0.3) is 0 Å². The summed E-state index contributed by atoms with van der Waals surface area (Å²) in [4.78, 5) is 8.03. The number of nitrogens with zero attached hydrogens (tertiary/aromatic N) is 3. The molecule has 0 bridgehead atoms. The summed E-state index contributed by atoms with van der Waals surface area (Å²) >= 11 is 0. The molecule has 12 heteroatoms. The lowest BCUT2D eigenvalue weighted by Crippen LogP contribution is -2.48. The Morgan fingerprint density at radius 3 is 2.77 bits per heavy atom. The van der Waals surface area contributed by atoms with Gasteiger partial charge in [-0.2, -0.15) is 13.2 Å². The van der Waals surface area contributed by atoms with Gasteiger partial charge in [-0.3, -0.25) is 4.99 Å². The number of guanidine groups is 1. The third-order valence-corrected chi connectivity index (χ3v) is 4.60. The number of alkyl halides is 3. The van der Waals surface area contributed by atoms with E-state index in [1.165, 1.54) is 24.0 Å². The summed E-state index contributed by atoms with van der Waals surface area (Å²) in [6.45, 7) is 4.64. The molecule has 1 aromatic heterocycles. The minimum Gasteiger partial charge on any atom is -0.379 e. The van der Waals surface area contributed by atoms with Gasteiger partial charge >= 0.3 is 6.18 Å². The minimum absolute atomic E-state index is 0. The predicted molar refractivity (Wildman–Crippen MR) is 117 cm³/mol. The van der Waals surface area contributed by atoms with Gasteiger partial charge in [-0.15, -0.1) is 24.0 Å². The fourth-order valence-electron chi connectivity index (χ4n) is 3.00. The van der Waals surface area contributed by atoms with E-state index in [4.69, 9.17) is 9.47 Å². The number of aliphatic hydroxyl groups is 1. The number of imidazole rings is 1. The fourth-order valence-corrected chi connectivity index (χ4v) is 3.00. The first kappa shape index (κ1) is 26.9. The molecule has 2 heterocycles. The van der Waals surface area contributed by atoms with Crippen molar-refractivity contribution >= 4 is 29.9 Å². The largest absolute Gasteiger partial charge is 0.424 e. The van der Waals surface area contributed by atoms with E-state index in [0.29, 0.717) is 38.7 Å². The monoisotopic (exact) mass is 549 g/mol. The van der Waals surface area contributed by atoms with Crippen LogP contribution in [0, 0.1) is 0 Å². The highest BCUT2D eigenvalue weighted by molar-refractivity contribution is 14.0. The molecule has 0 aliphatic carbocycles. The Kier molecular flexibility index (Phi) is 11.4. The first-order valence-corrected chi connectivity index (χ1v) is 9.76. The molecule has 1 aromatic rings. The highest BCUT2D eigenvalue weighted by Gasteiger charge is 2.57. The van der Waals surface area contributed by atoms with E-state index < -0.39 is 24.0 Å². The summed E-state index contributed by atoms with van der Waals surface area (Å²) in [5.74, 6) is -0.0529. The molecule has 30 heavy (non-hydrogen) atoms. The molecule has 0 spiro atoms. The zero-order valence-electron chi connectivity index (χ0n) is 17.2. The van der Waals surface area contributed by atoms with Gasteiger partial charge in [0, 0.05) is 58.7 Å². The highest BCUT2D eigenvalue weighted by atomic mass is 127. The van der Waals surface area contributed by atoms with E-state index in [1.807, 2.05) is 6.92 Å². The van der Waals surface area contributed by atoms with Gasteiger partial charge in [0.05, 0.1) is 12.7 Å². The second kappa shape index (κ2) is 12.7. The molecule has 3 N–H and O–H groups in total. The van der Waals surface area contributed by atoms with Crippen molar-refractivity contribution < 1.29 is 27.8 Å². The van der Waals surface area contributed by atoms with E-state index in [2.05, 4.69) is 20.6 Å². The molecule has 174 valence electrons. The van der Waals surface area contributed by atoms with Crippen molar-refractivity contribution in [2.75, 3.05) is 39.5 Å². The number of nitrogens with one attached hydrogen (secondary N) is 2. The van der Waals surface area contributed by atoms with Crippen molar-refractivity contribution in [3.05, 3.63) is 18.2 Å². The van der Waals surface area contributed by atoms with Crippen LogP contribution >= 0.6 is 24.0 Å². The number of aromatic nitrogens is 2. The summed E-state index contributed by atoms with van der Waals surface area (Å²) in [6.07, 6.45) is -1.15. The van der Waals surface area contributed by atoms with Crippen LogP contribution in [0.1, 0.15) is 32.0 Å². The Morgan fingerprint density at radius 1 is 1.43 bits per heavy atom. The summed E-state index contributed by atoms with van der Waals surface area (Å²) in [7, 11) is 1.41. The van der Waals surface area contributed by atoms with Crippen LogP contribution in [0.2, 0.25) is 0 Å². The van der Waals surface area contributed by atoms with Gasteiger partial charge in [0.15, 0.2) is 5.96 Å². The third-order valence-electron chi connectivity index (χ3n) is 4.60. The Morgan fingerprint density at radius 2 is 2.20 bits per heavy atom. The summed E-state index contributed by atoms with van der Waals surface area (Å²) in [5, 5.41) is 16.2. The maximum atomic E-state index is 13.5. The molecule has 1 aliphatic rings. The first-order valence-electron chi connectivity index (χ1n) is 9.76. The Hall–Kier alpha value is -1.12. The number of aryl methyl sites for hydroxylation is 1. The SMILES string of the molecule is CCNC(=NCCCOC1CCOC1)NCCC(O)(c1nccn1C)C(F)(F)F.I. The Labute approximate surface area is 191 Å². The average Bonchev–Trinajstić information content (AvgIpc) is 3.32. The number of aliphatic imine (C=N–C) groups is 1. The van der Waals surface area contributed by atoms with Crippen molar-refractivity contribution in [3.8, 4) is 0 Å². The first-order chi connectivity index (χ1) is 13.8. The molecule has 0 saturated carbocycles. The summed E-state index contributed by atoms with van der Waals surface area (Å²) in [5.41, 5.74) is -3.05. The van der Waals surface area contributed by atoms with Crippen LogP contribution in [0.5, 0.6) is 0 Å². The van der Waals surface area contributed by atoms with Gasteiger partial charge in [-0.25, -0.2) is 4.98 Å². The molecule has 2 unspecified atom stereocenters. The van der Waals surface area contributed by atoms with E-state index in [-0.39, 0.29) is 36.6 Å². The molecule has 2 rings (SSSR count). The molecule has 0 aromatic carbocycles. The maximum Gasteiger partial charge on any atom is 0.424 e. The molecule has 1 aliphatic heterocycles. The van der Waals surface area contributed by atoms with Crippen LogP contribution in [0.15, 0.2) is 17.4 Å². The fraction of sp³-hybridized carbons (Fsp3) is 0.778. The van der Waals surface area contributed by atoms with Crippen LogP contribution in [-0.4, -0.2) is 72.4 Å². The second-order valence-electron chi connectivity index (χ2n) is 6.87. The van der Waals surface area contributed by atoms with Gasteiger partial charge in [-0.1, -0.05) is 0 Å². The minimum atomic E-state index is -4.86. The van der Waals surface area contributed by atoms with Crippen molar-refractivity contribution in [1.29, 1.82) is 0 Å². The van der Waals surface area contributed by atoms with Crippen molar-refractivity contribution in [3.63, 3.8) is 0 Å². The summed E-state index contributed by atoms with van der Waals surface area (Å²) < 4.78 is 52.7. The molecule has 0 amide bonds. The van der Waals surface area contributed by atoms with Crippen LogP contribution < -0.4 is 10.6 Å². The maximum absolute atomic E-state index is 13.5. The molecule has 1 saturated heterocycles. The zero-order chi connectivity index (χ0) is 21.3. The second-order valence-corrected chi connectivity index (χ2v) is 6.87. The molecule has 0 radical (unpaired) electrons. The molecule has 8 nitrogen and oxygen atoms in total. The predicted octanol–water partition coefficient (Wildman–Crippen LogP) is 1.93. The quantitative estimate of drug-likeness (QED) is 0.179. The van der Waals surface area contributed by atoms with Crippen LogP contribution in [0.25, 0.3) is 0 Å². The van der Waals surface area contributed by atoms with Gasteiger partial charge in [0.2, 0.25) is 5.60 Å². The highest BCUT2D eigenvalue weighted by Crippen LogP contribution is 2.40. The number of rotatable bonds is 10. The lowest BCUT2D eigenvalue weighted by molar-refractivity contribution is -0.272. The average molecular weight is 549 g/mol. The van der Waals surface area contributed by atoms with E-state index in [9.17, 15) is 18.3 Å². The van der Waals surface area contributed by atoms with Crippen molar-refractivity contribution in [2.45, 2.75) is 44.1 Å². The molecular formula is C18H31F3IN5O3. The van der Waals surface area contributed by atoms with E-state index >= 15 is 0 Å². The number of halogens is 4. The van der Waals surface area contributed by atoms with Crippen LogP contribution in [0.3, 0.4) is 0 Å². The number of hydrogen-bond acceptors (Lipinski definition) is 5. The van der Waals surface area contributed by atoms with E-state index in [0.717, 1.165) is 13.0 Å². The topological polar surface area (TPSA) is 92.9 Å². The Balaban J connectivity index is 0.00000450. The molecule has 2 atom stereocenters. The standard InChI is InChI=1S/C18H30F3N5O3.HI/c1-3-22-16(24-7-4-11-29-14-5-12-28-13-14)25-8-6-17(27,18(19,20)21)15-23-9-10-26(15)2;/h9-10,14,27H,3-8,11-13H2,1-2H3,(H2,22,24,25);1H. The lowest BCUT2D eigenvalue weighted by Gasteiger charge is -2.30. The van der Waals surface area contributed by atoms with Gasteiger partial charge < -0.3 is 29.8 Å². The zero-order valence-corrected chi connectivity index (χ0v) is 19.6. The Bertz CT molecular complexity index is 653. The van der Waals surface area contributed by atoms with E-state index in [1.54, 1.807) is 0 Å². The van der Waals surface area contributed by atoms with Crippen molar-refractivity contribution in [2.24, 2.45) is 12.0 Å². The van der Waals surface area contributed by atoms with Crippen LogP contribution in [-0.2, 0) is 22.1 Å². The smallest absolute Gasteiger partial charge is 0.379 e. The number of ether oxygens (including phenoxy) is 2. The summed E-state index contributed by atoms with van der Waals surface area (Å²) in [6, 6.07) is 0.